The third-order valence-electron chi connectivity index (χ3n) is 0.990. The monoisotopic (exact) mass is 111 g/mol. The Morgan fingerprint density at radius 3 is 2.71 bits per heavy atom. The van der Waals surface area contributed by atoms with Crippen LogP contribution < -0.4 is 5.59 Å². The van der Waals surface area contributed by atoms with Crippen molar-refractivity contribution in [2.75, 3.05) is 0 Å². The molecule has 0 aromatic carbocycles. The van der Waals surface area contributed by atoms with Crippen LogP contribution in [-0.2, 0) is 0 Å². The Bertz CT molecular complexity index is 144. The van der Waals surface area contributed by atoms with Gasteiger partial charge >= 0.3 is 0 Å². The largest absolute Gasteiger partial charge is 0.208 e. The Morgan fingerprint density at radius 2 is 2.57 bits per heavy atom. The second kappa shape index (κ2) is 1.66. The van der Waals surface area contributed by atoms with E-state index in [1.807, 2.05) is 7.85 Å². The fourth-order valence-electron chi connectivity index (χ4n) is 0.342. The van der Waals surface area contributed by atoms with Gasteiger partial charge in [-0.25, -0.2) is 4.37 Å². The van der Waals surface area contributed by atoms with Crippen LogP contribution >= 0.6 is 11.5 Å². The van der Waals surface area contributed by atoms with E-state index in [2.05, 4.69) is 16.7 Å². The molecule has 0 amide bonds. The number of nitrogens with zero attached hydrogens (tertiary/aromatic N) is 1. The van der Waals surface area contributed by atoms with Crippen molar-refractivity contribution in [3.63, 3.8) is 0 Å². The van der Waals surface area contributed by atoms with Crippen LogP contribution in [0, 0.1) is 6.92 Å². The first-order valence-electron chi connectivity index (χ1n) is 2.18. The standard InChI is InChI=1S/C4H6BNS/c1-3-2-7-6-4(3)5/h2H,5H2,1H3. The van der Waals surface area contributed by atoms with Gasteiger partial charge in [0.1, 0.15) is 0 Å². The van der Waals surface area contributed by atoms with E-state index in [9.17, 15) is 0 Å². The zero-order chi connectivity index (χ0) is 5.28. The Morgan fingerprint density at radius 1 is 1.86 bits per heavy atom. The minimum Gasteiger partial charge on any atom is -0.208 e. The number of hydrogen-bond acceptors (Lipinski definition) is 2. The normalized spacial score (nSPS) is 9.29. The number of rotatable bonds is 0. The molecular formula is C4H6BNS. The van der Waals surface area contributed by atoms with Gasteiger partial charge in [0.05, 0.1) is 0 Å². The third-order valence-corrected chi connectivity index (χ3v) is 1.83. The molecule has 0 aliphatic heterocycles. The van der Waals surface area contributed by atoms with E-state index in [0.717, 1.165) is 5.59 Å². The van der Waals surface area contributed by atoms with Crippen molar-refractivity contribution >= 4 is 25.0 Å². The molecule has 0 unspecified atom stereocenters. The van der Waals surface area contributed by atoms with Crippen LogP contribution in [0.3, 0.4) is 0 Å². The molecule has 1 nitrogen and oxygen atoms in total. The van der Waals surface area contributed by atoms with Gasteiger partial charge in [0.2, 0.25) is 0 Å². The Labute approximate surface area is 47.9 Å². The quantitative estimate of drug-likeness (QED) is 0.419. The van der Waals surface area contributed by atoms with Gasteiger partial charge in [0.25, 0.3) is 0 Å². The molecule has 1 aromatic rings. The Kier molecular flexibility index (Phi) is 1.15. The van der Waals surface area contributed by atoms with E-state index < -0.39 is 0 Å². The van der Waals surface area contributed by atoms with Gasteiger partial charge in [-0.2, -0.15) is 0 Å². The van der Waals surface area contributed by atoms with Gasteiger partial charge in [0, 0.05) is 11.0 Å². The molecular weight excluding hydrogens is 105 g/mol. The van der Waals surface area contributed by atoms with E-state index >= 15 is 0 Å². The highest BCUT2D eigenvalue weighted by molar-refractivity contribution is 7.04. The molecule has 0 fully saturated rings. The van der Waals surface area contributed by atoms with Gasteiger partial charge in [-0.15, -0.1) is 0 Å². The first-order valence-corrected chi connectivity index (χ1v) is 3.02. The van der Waals surface area contributed by atoms with Crippen LogP contribution in [0.5, 0.6) is 0 Å². The predicted molar refractivity (Wildman–Crippen MR) is 35.0 cm³/mol. The molecule has 0 saturated carbocycles. The summed E-state index contributed by atoms with van der Waals surface area (Å²) < 4.78 is 4.06. The van der Waals surface area contributed by atoms with Gasteiger partial charge in [-0.3, -0.25) is 0 Å². The lowest BCUT2D eigenvalue weighted by Crippen LogP contribution is -2.04. The van der Waals surface area contributed by atoms with Crippen molar-refractivity contribution in [1.82, 2.24) is 4.37 Å². The maximum Gasteiger partial charge on any atom is 0.165 e. The zero-order valence-electron chi connectivity index (χ0n) is 4.43. The summed E-state index contributed by atoms with van der Waals surface area (Å²) in [6.07, 6.45) is 0. The molecule has 1 heterocycles. The number of aryl methyl sites for hydroxylation is 1. The fraction of sp³-hybridized carbons (Fsp3) is 0.250. The minimum absolute atomic E-state index is 1.16. The van der Waals surface area contributed by atoms with Crippen LogP contribution in [0.1, 0.15) is 5.56 Å². The van der Waals surface area contributed by atoms with E-state index in [1.54, 1.807) is 0 Å². The van der Waals surface area contributed by atoms with E-state index in [1.165, 1.54) is 17.1 Å². The van der Waals surface area contributed by atoms with Crippen molar-refractivity contribution in [1.29, 1.82) is 0 Å². The fourth-order valence-corrected chi connectivity index (χ4v) is 1.03. The Balaban J connectivity index is 3.12. The van der Waals surface area contributed by atoms with E-state index in [-0.39, 0.29) is 0 Å². The van der Waals surface area contributed by atoms with Gasteiger partial charge in [-0.1, -0.05) is 0 Å². The van der Waals surface area contributed by atoms with Crippen molar-refractivity contribution in [3.05, 3.63) is 10.9 Å². The first-order chi connectivity index (χ1) is 3.30. The van der Waals surface area contributed by atoms with Crippen LogP contribution in [0.4, 0.5) is 0 Å². The van der Waals surface area contributed by atoms with Crippen molar-refractivity contribution in [3.8, 4) is 0 Å². The van der Waals surface area contributed by atoms with Crippen LogP contribution in [-0.4, -0.2) is 12.2 Å². The number of hydrogen-bond donors (Lipinski definition) is 0. The van der Waals surface area contributed by atoms with E-state index in [0.29, 0.717) is 0 Å². The summed E-state index contributed by atoms with van der Waals surface area (Å²) in [6.45, 7) is 2.07. The minimum atomic E-state index is 1.16. The van der Waals surface area contributed by atoms with Crippen molar-refractivity contribution < 1.29 is 0 Å². The molecule has 0 spiro atoms. The zero-order valence-corrected chi connectivity index (χ0v) is 5.25. The highest BCUT2D eigenvalue weighted by atomic mass is 32.1. The maximum absolute atomic E-state index is 4.06. The molecule has 0 radical (unpaired) electrons. The molecule has 0 aliphatic carbocycles. The molecule has 1 aromatic heterocycles. The molecule has 0 bridgehead atoms. The molecule has 0 N–H and O–H groups in total. The van der Waals surface area contributed by atoms with Crippen LogP contribution in [0.2, 0.25) is 0 Å². The molecule has 1 rings (SSSR count). The van der Waals surface area contributed by atoms with Crippen molar-refractivity contribution in [2.45, 2.75) is 6.92 Å². The van der Waals surface area contributed by atoms with Crippen molar-refractivity contribution in [2.24, 2.45) is 0 Å². The van der Waals surface area contributed by atoms with E-state index in [4.69, 9.17) is 0 Å². The summed E-state index contributed by atoms with van der Waals surface area (Å²) >= 11 is 1.52. The molecule has 0 atom stereocenters. The van der Waals surface area contributed by atoms with Crippen LogP contribution in [0.15, 0.2) is 5.38 Å². The summed E-state index contributed by atoms with van der Waals surface area (Å²) in [7, 11) is 2.02. The summed E-state index contributed by atoms with van der Waals surface area (Å²) in [4.78, 5) is 0. The lowest BCUT2D eigenvalue weighted by atomic mass is 10.0. The summed E-state index contributed by atoms with van der Waals surface area (Å²) in [5.74, 6) is 0. The summed E-state index contributed by atoms with van der Waals surface area (Å²) in [6, 6.07) is 0. The number of aromatic nitrogens is 1. The molecule has 0 aliphatic rings. The average molecular weight is 111 g/mol. The van der Waals surface area contributed by atoms with Crippen LogP contribution in [0.25, 0.3) is 0 Å². The van der Waals surface area contributed by atoms with Gasteiger partial charge in [0.15, 0.2) is 7.85 Å². The molecule has 0 saturated heterocycles. The second-order valence-corrected chi connectivity index (χ2v) is 2.21. The average Bonchev–Trinajstić information content (AvgIpc) is 1.91. The molecule has 3 heteroatoms. The maximum atomic E-state index is 4.06. The highest BCUT2D eigenvalue weighted by Gasteiger charge is 1.88. The third kappa shape index (κ3) is 0.827. The lowest BCUT2D eigenvalue weighted by Gasteiger charge is -1.77. The van der Waals surface area contributed by atoms with Gasteiger partial charge < -0.3 is 0 Å². The molecule has 36 valence electrons. The first kappa shape index (κ1) is 4.84. The summed E-state index contributed by atoms with van der Waals surface area (Å²) in [5.41, 5.74) is 2.45. The SMILES string of the molecule is Bc1nscc1C. The smallest absolute Gasteiger partial charge is 0.165 e. The topological polar surface area (TPSA) is 12.9 Å². The second-order valence-electron chi connectivity index (χ2n) is 1.58. The Hall–Kier alpha value is -0.305. The predicted octanol–water partition coefficient (Wildman–Crippen LogP) is -0.290. The lowest BCUT2D eigenvalue weighted by molar-refractivity contribution is 1.53. The summed E-state index contributed by atoms with van der Waals surface area (Å²) in [5, 5.41) is 2.05. The van der Waals surface area contributed by atoms with Gasteiger partial charge in [-0.05, 0) is 24.0 Å². The molecule has 7 heavy (non-hydrogen) atoms. The highest BCUT2D eigenvalue weighted by Crippen LogP contribution is 1.92.